The SMILES string of the molecule is COc1cc(N(Cc2ccc(/C=C/C(=O)Nc3ccccc3N)cc2)Cc2cc3ccccc3[nH]2)cc(OC)c1OC. The standard InChI is InChI=1S/C34H34N4O4/c1-40-31-19-27(20-32(41-2)34(31)42-3)38(22-26-18-25-8-4-6-10-29(25)36-26)21-24-14-12-23(13-15-24)16-17-33(39)37-30-11-7-5-9-28(30)35/h4-20,36H,21-22,35H2,1-3H3,(H,37,39)/b17-16+. The Labute approximate surface area is 245 Å². The molecule has 0 unspecified atom stereocenters. The highest BCUT2D eigenvalue weighted by molar-refractivity contribution is 6.03. The maximum absolute atomic E-state index is 12.4. The van der Waals surface area contributed by atoms with Crippen LogP contribution in [0.3, 0.4) is 0 Å². The first-order valence-electron chi connectivity index (χ1n) is 13.5. The van der Waals surface area contributed by atoms with Gasteiger partial charge in [0, 0.05) is 41.7 Å². The molecule has 8 heteroatoms. The molecular weight excluding hydrogens is 528 g/mol. The van der Waals surface area contributed by atoms with Gasteiger partial charge in [-0.1, -0.05) is 54.6 Å². The largest absolute Gasteiger partial charge is 0.493 e. The lowest BCUT2D eigenvalue weighted by Gasteiger charge is -2.26. The van der Waals surface area contributed by atoms with E-state index in [2.05, 4.69) is 45.5 Å². The zero-order valence-corrected chi connectivity index (χ0v) is 23.9. The number of hydrogen-bond donors (Lipinski definition) is 3. The number of methoxy groups -OCH3 is 3. The third kappa shape index (κ3) is 6.50. The third-order valence-corrected chi connectivity index (χ3v) is 6.96. The van der Waals surface area contributed by atoms with Crippen molar-refractivity contribution in [1.29, 1.82) is 0 Å². The second kappa shape index (κ2) is 12.9. The van der Waals surface area contributed by atoms with Crippen molar-refractivity contribution >= 4 is 39.9 Å². The highest BCUT2D eigenvalue weighted by atomic mass is 16.5. The predicted molar refractivity (Wildman–Crippen MR) is 169 cm³/mol. The molecule has 0 radical (unpaired) electrons. The lowest BCUT2D eigenvalue weighted by atomic mass is 10.1. The second-order valence-electron chi connectivity index (χ2n) is 9.77. The highest BCUT2D eigenvalue weighted by Crippen LogP contribution is 2.41. The minimum Gasteiger partial charge on any atom is -0.493 e. The number of anilines is 3. The van der Waals surface area contributed by atoms with Crippen LogP contribution in [0.5, 0.6) is 17.2 Å². The molecule has 0 saturated heterocycles. The zero-order chi connectivity index (χ0) is 29.5. The Morgan fingerprint density at radius 3 is 2.21 bits per heavy atom. The smallest absolute Gasteiger partial charge is 0.248 e. The molecule has 4 N–H and O–H groups in total. The van der Waals surface area contributed by atoms with Gasteiger partial charge in [-0.2, -0.15) is 0 Å². The van der Waals surface area contributed by atoms with Crippen molar-refractivity contribution in [3.05, 3.63) is 114 Å². The molecule has 42 heavy (non-hydrogen) atoms. The van der Waals surface area contributed by atoms with Gasteiger partial charge in [0.25, 0.3) is 0 Å². The van der Waals surface area contributed by atoms with Gasteiger partial charge in [-0.25, -0.2) is 0 Å². The number of H-pyrrole nitrogens is 1. The fourth-order valence-corrected chi connectivity index (χ4v) is 4.82. The summed E-state index contributed by atoms with van der Waals surface area (Å²) in [5.41, 5.74) is 12.1. The summed E-state index contributed by atoms with van der Waals surface area (Å²) in [5.74, 6) is 1.47. The van der Waals surface area contributed by atoms with E-state index in [4.69, 9.17) is 19.9 Å². The van der Waals surface area contributed by atoms with Crippen LogP contribution in [0.15, 0.2) is 97.1 Å². The number of nitrogen functional groups attached to an aromatic ring is 1. The zero-order valence-electron chi connectivity index (χ0n) is 23.9. The lowest BCUT2D eigenvalue weighted by molar-refractivity contribution is -0.111. The van der Waals surface area contributed by atoms with Crippen LogP contribution in [-0.2, 0) is 17.9 Å². The molecule has 5 rings (SSSR count). The van der Waals surface area contributed by atoms with Crippen molar-refractivity contribution in [1.82, 2.24) is 4.98 Å². The summed E-state index contributed by atoms with van der Waals surface area (Å²) in [6.45, 7) is 1.24. The van der Waals surface area contributed by atoms with E-state index in [1.54, 1.807) is 39.5 Å². The number of benzene rings is 4. The molecule has 8 nitrogen and oxygen atoms in total. The van der Waals surface area contributed by atoms with Gasteiger partial charge in [0.15, 0.2) is 11.5 Å². The van der Waals surface area contributed by atoms with Crippen LogP contribution in [-0.4, -0.2) is 32.2 Å². The number of nitrogens with one attached hydrogen (secondary N) is 2. The summed E-state index contributed by atoms with van der Waals surface area (Å²) in [5, 5.41) is 3.97. The highest BCUT2D eigenvalue weighted by Gasteiger charge is 2.18. The lowest BCUT2D eigenvalue weighted by Crippen LogP contribution is -2.22. The van der Waals surface area contributed by atoms with Gasteiger partial charge in [-0.3, -0.25) is 4.79 Å². The number of carbonyl (C=O) groups is 1. The summed E-state index contributed by atoms with van der Waals surface area (Å²) in [6.07, 6.45) is 3.28. The molecule has 0 aliphatic carbocycles. The van der Waals surface area contributed by atoms with E-state index in [0.29, 0.717) is 41.7 Å². The number of aromatic nitrogens is 1. The first-order valence-corrected chi connectivity index (χ1v) is 13.5. The van der Waals surface area contributed by atoms with E-state index in [-0.39, 0.29) is 5.91 Å². The van der Waals surface area contributed by atoms with Crippen molar-refractivity contribution in [3.8, 4) is 17.2 Å². The first-order chi connectivity index (χ1) is 20.5. The first kappa shape index (κ1) is 28.2. The monoisotopic (exact) mass is 562 g/mol. The quantitative estimate of drug-likeness (QED) is 0.123. The summed E-state index contributed by atoms with van der Waals surface area (Å²) < 4.78 is 16.8. The molecular formula is C34H34N4O4. The van der Waals surface area contributed by atoms with E-state index >= 15 is 0 Å². The summed E-state index contributed by atoms with van der Waals surface area (Å²) in [7, 11) is 4.83. The molecule has 0 atom stereocenters. The van der Waals surface area contributed by atoms with Crippen molar-refractivity contribution in [2.45, 2.75) is 13.1 Å². The minimum atomic E-state index is -0.246. The molecule has 214 valence electrons. The maximum Gasteiger partial charge on any atom is 0.248 e. The van der Waals surface area contributed by atoms with Gasteiger partial charge in [-0.05, 0) is 46.9 Å². The number of aromatic amines is 1. The van der Waals surface area contributed by atoms with Crippen molar-refractivity contribution in [3.63, 3.8) is 0 Å². The fraction of sp³-hybridized carbons (Fsp3) is 0.147. The molecule has 0 bridgehead atoms. The van der Waals surface area contributed by atoms with Crippen LogP contribution in [0.4, 0.5) is 17.1 Å². The van der Waals surface area contributed by atoms with Gasteiger partial charge < -0.3 is 35.1 Å². The molecule has 0 aliphatic heterocycles. The molecule has 0 aliphatic rings. The van der Waals surface area contributed by atoms with Crippen LogP contribution in [0.2, 0.25) is 0 Å². The van der Waals surface area contributed by atoms with Crippen LogP contribution in [0.25, 0.3) is 17.0 Å². The number of nitrogens with two attached hydrogens (primary N) is 1. The van der Waals surface area contributed by atoms with Crippen LogP contribution in [0, 0.1) is 0 Å². The topological polar surface area (TPSA) is 102 Å². The number of amides is 1. The van der Waals surface area contributed by atoms with Crippen LogP contribution < -0.4 is 30.2 Å². The van der Waals surface area contributed by atoms with Gasteiger partial charge in [0.05, 0.1) is 39.2 Å². The van der Waals surface area contributed by atoms with E-state index in [9.17, 15) is 4.79 Å². The molecule has 0 spiro atoms. The van der Waals surface area contributed by atoms with E-state index < -0.39 is 0 Å². The Hall–Kier alpha value is -5.37. The molecule has 4 aromatic carbocycles. The van der Waals surface area contributed by atoms with Crippen molar-refractivity contribution in [2.24, 2.45) is 0 Å². The number of nitrogens with zero attached hydrogens (tertiary/aromatic N) is 1. The number of fused-ring (bicyclic) bond motifs is 1. The molecule has 5 aromatic rings. The van der Waals surface area contributed by atoms with Gasteiger partial charge >= 0.3 is 0 Å². The normalized spacial score (nSPS) is 11.0. The van der Waals surface area contributed by atoms with Gasteiger partial charge in [0.2, 0.25) is 11.7 Å². The number of para-hydroxylation sites is 3. The Bertz CT molecular complexity index is 1650. The number of carbonyl (C=O) groups excluding carboxylic acids is 1. The molecule has 1 aromatic heterocycles. The minimum absolute atomic E-state index is 0.246. The summed E-state index contributed by atoms with van der Waals surface area (Å²) in [4.78, 5) is 18.2. The summed E-state index contributed by atoms with van der Waals surface area (Å²) in [6, 6.07) is 29.6. The van der Waals surface area contributed by atoms with Gasteiger partial charge in [-0.15, -0.1) is 0 Å². The molecule has 1 heterocycles. The Balaban J connectivity index is 1.38. The fourth-order valence-electron chi connectivity index (χ4n) is 4.82. The molecule has 1 amide bonds. The average Bonchev–Trinajstić information content (AvgIpc) is 3.43. The van der Waals surface area contributed by atoms with Gasteiger partial charge in [0.1, 0.15) is 0 Å². The van der Waals surface area contributed by atoms with Crippen LogP contribution >= 0.6 is 0 Å². The second-order valence-corrected chi connectivity index (χ2v) is 9.77. The van der Waals surface area contributed by atoms with Crippen molar-refractivity contribution in [2.75, 3.05) is 37.3 Å². The van der Waals surface area contributed by atoms with E-state index in [1.165, 1.54) is 6.08 Å². The Morgan fingerprint density at radius 1 is 0.857 bits per heavy atom. The van der Waals surface area contributed by atoms with E-state index in [1.807, 2.05) is 48.5 Å². The third-order valence-electron chi connectivity index (χ3n) is 6.96. The molecule has 0 saturated carbocycles. The van der Waals surface area contributed by atoms with Crippen molar-refractivity contribution < 1.29 is 19.0 Å². The maximum atomic E-state index is 12.4. The molecule has 0 fully saturated rings. The Morgan fingerprint density at radius 2 is 1.55 bits per heavy atom. The van der Waals surface area contributed by atoms with E-state index in [0.717, 1.165) is 33.4 Å². The summed E-state index contributed by atoms with van der Waals surface area (Å²) >= 11 is 0. The Kier molecular flexibility index (Phi) is 8.63. The van der Waals surface area contributed by atoms with Crippen LogP contribution in [0.1, 0.15) is 16.8 Å². The number of hydrogen-bond acceptors (Lipinski definition) is 6. The predicted octanol–water partition coefficient (Wildman–Crippen LogP) is 6.63. The number of rotatable bonds is 11. The number of ether oxygens (including phenoxy) is 3. The average molecular weight is 563 g/mol.